The van der Waals surface area contributed by atoms with Gasteiger partial charge in [0.2, 0.25) is 8.32 Å². The summed E-state index contributed by atoms with van der Waals surface area (Å²) in [6, 6.07) is 0. The fourth-order valence-corrected chi connectivity index (χ4v) is 10.0. The van der Waals surface area contributed by atoms with Crippen LogP contribution in [0.25, 0.3) is 0 Å². The molecule has 0 amide bonds. The molecule has 118 valence electrons. The summed E-state index contributed by atoms with van der Waals surface area (Å²) in [5, 5.41) is 0. The molecule has 0 aromatic carbocycles. The average Bonchev–Trinajstić information content (AvgIpc) is 2.36. The SMILES string of the molecule is CC(C)[Si](O[C@H]1CCCC[C@@H]1CC=O)(C(C)C)C(C)C. The normalized spacial score (nSPS) is 24.6. The van der Waals surface area contributed by atoms with Crippen LogP contribution in [0.1, 0.15) is 73.6 Å². The van der Waals surface area contributed by atoms with Gasteiger partial charge in [-0.05, 0) is 35.4 Å². The molecule has 0 radical (unpaired) electrons. The number of carbonyl (C=O) groups is 1. The molecule has 2 nitrogen and oxygen atoms in total. The Labute approximate surface area is 126 Å². The third kappa shape index (κ3) is 3.73. The molecule has 0 spiro atoms. The second kappa shape index (κ2) is 7.74. The fraction of sp³-hybridized carbons (Fsp3) is 0.941. The largest absolute Gasteiger partial charge is 0.413 e. The van der Waals surface area contributed by atoms with Crippen molar-refractivity contribution in [1.29, 1.82) is 0 Å². The smallest absolute Gasteiger partial charge is 0.200 e. The summed E-state index contributed by atoms with van der Waals surface area (Å²) in [4.78, 5) is 10.9. The molecule has 0 aromatic rings. The highest BCUT2D eigenvalue weighted by Gasteiger charge is 2.47. The predicted octanol–water partition coefficient (Wildman–Crippen LogP) is 5.33. The van der Waals surface area contributed by atoms with E-state index in [0.717, 1.165) is 12.7 Å². The van der Waals surface area contributed by atoms with Crippen LogP contribution in [-0.2, 0) is 9.22 Å². The maximum Gasteiger partial charge on any atom is 0.200 e. The Morgan fingerprint density at radius 3 is 1.95 bits per heavy atom. The maximum atomic E-state index is 10.9. The van der Waals surface area contributed by atoms with E-state index >= 15 is 0 Å². The van der Waals surface area contributed by atoms with Gasteiger partial charge in [-0.2, -0.15) is 0 Å². The molecule has 3 heteroatoms. The minimum atomic E-state index is -1.80. The first-order chi connectivity index (χ1) is 9.36. The molecule has 1 rings (SSSR count). The van der Waals surface area contributed by atoms with E-state index in [-0.39, 0.29) is 0 Å². The Hall–Kier alpha value is -0.153. The van der Waals surface area contributed by atoms with Gasteiger partial charge in [0.05, 0.1) is 0 Å². The molecular formula is C17H34O2Si. The van der Waals surface area contributed by atoms with Crippen molar-refractivity contribution in [3.05, 3.63) is 0 Å². The molecule has 0 heterocycles. The Balaban J connectivity index is 2.94. The van der Waals surface area contributed by atoms with Gasteiger partial charge >= 0.3 is 0 Å². The third-order valence-electron chi connectivity index (χ3n) is 5.30. The van der Waals surface area contributed by atoms with Gasteiger partial charge in [0, 0.05) is 12.5 Å². The van der Waals surface area contributed by atoms with E-state index in [2.05, 4.69) is 41.5 Å². The molecule has 1 fully saturated rings. The zero-order valence-corrected chi connectivity index (χ0v) is 15.3. The van der Waals surface area contributed by atoms with E-state index in [1.807, 2.05) is 0 Å². The van der Waals surface area contributed by atoms with Crippen LogP contribution in [0.3, 0.4) is 0 Å². The van der Waals surface area contributed by atoms with Crippen molar-refractivity contribution < 1.29 is 9.22 Å². The monoisotopic (exact) mass is 298 g/mol. The predicted molar refractivity (Wildman–Crippen MR) is 88.6 cm³/mol. The molecule has 0 bridgehead atoms. The van der Waals surface area contributed by atoms with Crippen LogP contribution in [0.15, 0.2) is 0 Å². The average molecular weight is 299 g/mol. The lowest BCUT2D eigenvalue weighted by Gasteiger charge is -2.47. The molecule has 0 N–H and O–H groups in total. The van der Waals surface area contributed by atoms with E-state index in [9.17, 15) is 4.79 Å². The van der Waals surface area contributed by atoms with Crippen LogP contribution in [0.5, 0.6) is 0 Å². The minimum absolute atomic E-state index is 0.327. The third-order valence-corrected chi connectivity index (χ3v) is 11.4. The van der Waals surface area contributed by atoms with E-state index in [4.69, 9.17) is 4.43 Å². The molecule has 0 aromatic heterocycles. The van der Waals surface area contributed by atoms with Crippen LogP contribution in [-0.4, -0.2) is 20.7 Å². The molecule has 1 aliphatic rings. The quantitative estimate of drug-likeness (QED) is 0.469. The number of hydrogen-bond acceptors (Lipinski definition) is 2. The highest BCUT2D eigenvalue weighted by Crippen LogP contribution is 2.45. The number of aldehydes is 1. The minimum Gasteiger partial charge on any atom is -0.413 e. The van der Waals surface area contributed by atoms with Crippen LogP contribution in [0.4, 0.5) is 0 Å². The summed E-state index contributed by atoms with van der Waals surface area (Å²) in [5.41, 5.74) is 1.88. The summed E-state index contributed by atoms with van der Waals surface area (Å²) in [6.07, 6.45) is 6.95. The highest BCUT2D eigenvalue weighted by atomic mass is 28.4. The van der Waals surface area contributed by atoms with E-state index in [1.54, 1.807) is 0 Å². The molecule has 0 unspecified atom stereocenters. The van der Waals surface area contributed by atoms with Crippen LogP contribution in [0, 0.1) is 5.92 Å². The van der Waals surface area contributed by atoms with Crippen molar-refractivity contribution in [1.82, 2.24) is 0 Å². The van der Waals surface area contributed by atoms with Crippen molar-refractivity contribution in [3.63, 3.8) is 0 Å². The van der Waals surface area contributed by atoms with Crippen molar-refractivity contribution in [2.75, 3.05) is 0 Å². The van der Waals surface area contributed by atoms with E-state index < -0.39 is 8.32 Å². The molecular weight excluding hydrogens is 264 g/mol. The van der Waals surface area contributed by atoms with Crippen molar-refractivity contribution >= 4 is 14.6 Å². The number of hydrogen-bond donors (Lipinski definition) is 0. The summed E-state index contributed by atoms with van der Waals surface area (Å²) in [5.74, 6) is 0.462. The maximum absolute atomic E-state index is 10.9. The topological polar surface area (TPSA) is 26.3 Å². The van der Waals surface area contributed by atoms with Gasteiger partial charge < -0.3 is 9.22 Å². The van der Waals surface area contributed by atoms with E-state index in [0.29, 0.717) is 35.1 Å². The fourth-order valence-electron chi connectivity index (χ4n) is 4.39. The van der Waals surface area contributed by atoms with Gasteiger partial charge in [-0.1, -0.05) is 54.4 Å². The molecule has 1 aliphatic carbocycles. The number of carbonyl (C=O) groups excluding carboxylic acids is 1. The van der Waals surface area contributed by atoms with Gasteiger partial charge in [-0.15, -0.1) is 0 Å². The summed E-state index contributed by atoms with van der Waals surface area (Å²) in [7, 11) is -1.80. The lowest BCUT2D eigenvalue weighted by molar-refractivity contribution is -0.109. The zero-order valence-electron chi connectivity index (χ0n) is 14.3. The molecule has 1 saturated carbocycles. The second-order valence-corrected chi connectivity index (χ2v) is 12.8. The Morgan fingerprint density at radius 2 is 1.50 bits per heavy atom. The lowest BCUT2D eigenvalue weighted by atomic mass is 9.85. The second-order valence-electron chi connectivity index (χ2n) is 7.42. The summed E-state index contributed by atoms with van der Waals surface area (Å²) < 4.78 is 6.91. The van der Waals surface area contributed by atoms with Gasteiger partial charge in [-0.3, -0.25) is 0 Å². The summed E-state index contributed by atoms with van der Waals surface area (Å²) in [6.45, 7) is 14.0. The molecule has 20 heavy (non-hydrogen) atoms. The van der Waals surface area contributed by atoms with Crippen LogP contribution in [0.2, 0.25) is 16.6 Å². The summed E-state index contributed by atoms with van der Waals surface area (Å²) >= 11 is 0. The van der Waals surface area contributed by atoms with Crippen molar-refractivity contribution in [2.45, 2.75) is 96.4 Å². The van der Waals surface area contributed by atoms with Crippen LogP contribution < -0.4 is 0 Å². The van der Waals surface area contributed by atoms with Gasteiger partial charge in [0.15, 0.2) is 0 Å². The first-order valence-corrected chi connectivity index (χ1v) is 10.6. The Kier molecular flexibility index (Phi) is 6.93. The van der Waals surface area contributed by atoms with Crippen LogP contribution >= 0.6 is 0 Å². The molecule has 2 atom stereocenters. The van der Waals surface area contributed by atoms with Gasteiger partial charge in [0.25, 0.3) is 0 Å². The van der Waals surface area contributed by atoms with Crippen molar-refractivity contribution in [2.24, 2.45) is 5.92 Å². The first kappa shape index (κ1) is 17.9. The van der Waals surface area contributed by atoms with Crippen molar-refractivity contribution in [3.8, 4) is 0 Å². The molecule has 0 saturated heterocycles. The highest BCUT2D eigenvalue weighted by molar-refractivity contribution is 6.77. The van der Waals surface area contributed by atoms with E-state index in [1.165, 1.54) is 19.3 Å². The molecule has 0 aliphatic heterocycles. The first-order valence-electron chi connectivity index (χ1n) is 8.47. The number of rotatable bonds is 7. The Bertz CT molecular complexity index is 278. The zero-order chi connectivity index (χ0) is 15.3. The van der Waals surface area contributed by atoms with Gasteiger partial charge in [-0.25, -0.2) is 0 Å². The Morgan fingerprint density at radius 1 is 1.00 bits per heavy atom. The lowest BCUT2D eigenvalue weighted by Crippen LogP contribution is -2.52. The standard InChI is InChI=1S/C17H34O2Si/c1-13(2)20(14(3)4,15(5)6)19-17-10-8-7-9-16(17)11-12-18/h12-17H,7-11H2,1-6H3/t16-,17+/m1/s1. The van der Waals surface area contributed by atoms with Gasteiger partial charge in [0.1, 0.15) is 6.29 Å².